The fourth-order valence-corrected chi connectivity index (χ4v) is 4.71. The largest absolute Gasteiger partial charge is 0.349 e. The van der Waals surface area contributed by atoms with Crippen LogP contribution in [0.3, 0.4) is 0 Å². The molecule has 8 heteroatoms. The Labute approximate surface area is 136 Å². The molecule has 126 valence electrons. The number of carbonyl (C=O) groups excluding carboxylic acids is 1. The fraction of sp³-hybridized carbons (Fsp3) is 0.667. The number of amides is 1. The minimum absolute atomic E-state index is 0.0265. The minimum atomic E-state index is -3.11. The third-order valence-electron chi connectivity index (χ3n) is 4.51. The van der Waals surface area contributed by atoms with Gasteiger partial charge >= 0.3 is 0 Å². The van der Waals surface area contributed by atoms with Gasteiger partial charge in [-0.15, -0.1) is 10.2 Å². The van der Waals surface area contributed by atoms with Crippen LogP contribution in [0.25, 0.3) is 0 Å². The van der Waals surface area contributed by atoms with Gasteiger partial charge in [0.25, 0.3) is 0 Å². The van der Waals surface area contributed by atoms with Crippen LogP contribution in [0.15, 0.2) is 17.8 Å². The summed E-state index contributed by atoms with van der Waals surface area (Å²) in [5.41, 5.74) is 0. The molecule has 0 unspecified atom stereocenters. The maximum absolute atomic E-state index is 12.0. The molecule has 0 aromatic carbocycles. The topological polar surface area (TPSA) is 93.9 Å². The molecule has 0 saturated heterocycles. The number of hydrogen-bond acceptors (Lipinski definition) is 5. The smallest absolute Gasteiger partial charge is 0.220 e. The Morgan fingerprint density at radius 3 is 2.78 bits per heavy atom. The maximum Gasteiger partial charge on any atom is 0.220 e. The Balaban J connectivity index is 1.51. The molecule has 2 heterocycles. The third-order valence-corrected chi connectivity index (χ3v) is 5.98. The molecule has 1 aliphatic carbocycles. The van der Waals surface area contributed by atoms with Gasteiger partial charge in [-0.3, -0.25) is 4.79 Å². The van der Waals surface area contributed by atoms with E-state index >= 15 is 0 Å². The first-order chi connectivity index (χ1) is 11.0. The highest BCUT2D eigenvalue weighted by Gasteiger charge is 2.24. The first-order valence-corrected chi connectivity index (χ1v) is 9.81. The predicted molar refractivity (Wildman–Crippen MR) is 85.0 cm³/mol. The average molecular weight is 338 g/mol. The van der Waals surface area contributed by atoms with Crippen molar-refractivity contribution in [2.45, 2.75) is 51.1 Å². The lowest BCUT2D eigenvalue weighted by molar-refractivity contribution is -0.121. The second-order valence-corrected chi connectivity index (χ2v) is 8.28. The molecule has 1 amide bonds. The number of hydrogen-bond donors (Lipinski definition) is 1. The van der Waals surface area contributed by atoms with E-state index in [9.17, 15) is 13.2 Å². The summed E-state index contributed by atoms with van der Waals surface area (Å²) < 4.78 is 24.8. The van der Waals surface area contributed by atoms with Gasteiger partial charge in [-0.25, -0.2) is 8.42 Å². The SMILES string of the molecule is O=C(C[C@H]1C=CS(=O)(=O)C1)NCc1nncn1C1CCCCC1. The van der Waals surface area contributed by atoms with E-state index in [1.807, 2.05) is 0 Å². The number of carbonyl (C=O) groups is 1. The van der Waals surface area contributed by atoms with Gasteiger partial charge in [0.1, 0.15) is 6.33 Å². The molecular formula is C15H22N4O3S. The summed E-state index contributed by atoms with van der Waals surface area (Å²) in [6.45, 7) is 0.332. The number of nitrogens with one attached hydrogen (secondary N) is 1. The Kier molecular flexibility index (Phi) is 4.79. The van der Waals surface area contributed by atoms with Crippen LogP contribution in [0, 0.1) is 5.92 Å². The molecule has 1 saturated carbocycles. The molecule has 2 aliphatic rings. The standard InChI is InChI=1S/C15H22N4O3S/c20-15(8-12-6-7-23(21,22)10-12)16-9-14-18-17-11-19(14)13-4-2-1-3-5-13/h6-7,11-13H,1-5,8-10H2,(H,16,20)/t12-/m1/s1. The van der Waals surface area contributed by atoms with E-state index in [1.54, 1.807) is 12.4 Å². The van der Waals surface area contributed by atoms with E-state index in [1.165, 1.54) is 24.7 Å². The average Bonchev–Trinajstić information content (AvgIpc) is 3.12. The molecule has 23 heavy (non-hydrogen) atoms. The predicted octanol–water partition coefficient (Wildman–Crippen LogP) is 1.35. The lowest BCUT2D eigenvalue weighted by Crippen LogP contribution is -2.27. The van der Waals surface area contributed by atoms with Crippen LogP contribution < -0.4 is 5.32 Å². The Hall–Kier alpha value is -1.70. The van der Waals surface area contributed by atoms with Crippen LogP contribution in [0.2, 0.25) is 0 Å². The van der Waals surface area contributed by atoms with Gasteiger partial charge in [-0.1, -0.05) is 25.3 Å². The summed E-state index contributed by atoms with van der Waals surface area (Å²) in [5, 5.41) is 12.1. The highest BCUT2D eigenvalue weighted by molar-refractivity contribution is 7.94. The van der Waals surface area contributed by atoms with Gasteiger partial charge in [-0.2, -0.15) is 0 Å². The van der Waals surface area contributed by atoms with Crippen LogP contribution in [0.1, 0.15) is 50.4 Å². The monoisotopic (exact) mass is 338 g/mol. The highest BCUT2D eigenvalue weighted by atomic mass is 32.2. The molecule has 1 aliphatic heterocycles. The third kappa shape index (κ3) is 4.19. The summed E-state index contributed by atoms with van der Waals surface area (Å²) in [6, 6.07) is 0.425. The zero-order valence-electron chi connectivity index (χ0n) is 13.0. The Bertz CT molecular complexity index is 689. The van der Waals surface area contributed by atoms with Crippen LogP contribution in [0.4, 0.5) is 0 Å². The normalized spacial score (nSPS) is 23.9. The molecule has 1 aromatic rings. The molecule has 1 fully saturated rings. The Morgan fingerprint density at radius 2 is 2.09 bits per heavy atom. The first-order valence-electron chi connectivity index (χ1n) is 8.09. The summed E-state index contributed by atoms with van der Waals surface area (Å²) in [4.78, 5) is 12.0. The van der Waals surface area contributed by atoms with Crippen molar-refractivity contribution in [1.82, 2.24) is 20.1 Å². The van der Waals surface area contributed by atoms with E-state index in [0.717, 1.165) is 18.7 Å². The van der Waals surface area contributed by atoms with E-state index in [2.05, 4.69) is 20.1 Å². The van der Waals surface area contributed by atoms with Gasteiger partial charge in [0.05, 0.1) is 12.3 Å². The summed E-state index contributed by atoms with van der Waals surface area (Å²) in [6.07, 6.45) is 9.50. The van der Waals surface area contributed by atoms with Crippen molar-refractivity contribution < 1.29 is 13.2 Å². The zero-order valence-corrected chi connectivity index (χ0v) is 13.8. The van der Waals surface area contributed by atoms with Crippen LogP contribution in [-0.4, -0.2) is 34.8 Å². The fourth-order valence-electron chi connectivity index (χ4n) is 3.31. The second-order valence-electron chi connectivity index (χ2n) is 6.35. The lowest BCUT2D eigenvalue weighted by atomic mass is 9.95. The summed E-state index contributed by atoms with van der Waals surface area (Å²) >= 11 is 0. The molecule has 0 spiro atoms. The number of rotatable bonds is 5. The molecule has 0 radical (unpaired) electrons. The van der Waals surface area contributed by atoms with Gasteiger partial charge in [0, 0.05) is 23.8 Å². The molecule has 1 atom stereocenters. The molecule has 3 rings (SSSR count). The van der Waals surface area contributed by atoms with E-state index in [0.29, 0.717) is 12.6 Å². The van der Waals surface area contributed by atoms with Crippen molar-refractivity contribution in [1.29, 1.82) is 0 Å². The number of aromatic nitrogens is 3. The molecule has 0 bridgehead atoms. The van der Waals surface area contributed by atoms with Crippen molar-refractivity contribution in [2.24, 2.45) is 5.92 Å². The van der Waals surface area contributed by atoms with Crippen molar-refractivity contribution >= 4 is 15.7 Å². The van der Waals surface area contributed by atoms with E-state index in [-0.39, 0.29) is 24.0 Å². The number of sulfone groups is 1. The molecule has 7 nitrogen and oxygen atoms in total. The van der Waals surface area contributed by atoms with Gasteiger partial charge in [0.2, 0.25) is 5.91 Å². The van der Waals surface area contributed by atoms with Crippen LogP contribution in [0.5, 0.6) is 0 Å². The zero-order chi connectivity index (χ0) is 16.3. The quantitative estimate of drug-likeness (QED) is 0.874. The molecule has 1 N–H and O–H groups in total. The van der Waals surface area contributed by atoms with E-state index in [4.69, 9.17) is 0 Å². The molecular weight excluding hydrogens is 316 g/mol. The van der Waals surface area contributed by atoms with Gasteiger partial charge < -0.3 is 9.88 Å². The van der Waals surface area contributed by atoms with Crippen LogP contribution in [-0.2, 0) is 21.2 Å². The van der Waals surface area contributed by atoms with Crippen LogP contribution >= 0.6 is 0 Å². The van der Waals surface area contributed by atoms with Crippen molar-refractivity contribution in [3.8, 4) is 0 Å². The minimum Gasteiger partial charge on any atom is -0.349 e. The van der Waals surface area contributed by atoms with Gasteiger partial charge in [-0.05, 0) is 12.8 Å². The van der Waals surface area contributed by atoms with Crippen molar-refractivity contribution in [2.75, 3.05) is 5.75 Å². The summed E-state index contributed by atoms with van der Waals surface area (Å²) in [5.74, 6) is 0.407. The maximum atomic E-state index is 12.0. The summed E-state index contributed by atoms with van der Waals surface area (Å²) in [7, 11) is -3.11. The van der Waals surface area contributed by atoms with Gasteiger partial charge in [0.15, 0.2) is 15.7 Å². The van der Waals surface area contributed by atoms with Crippen molar-refractivity contribution in [3.63, 3.8) is 0 Å². The second kappa shape index (κ2) is 6.82. The first kappa shape index (κ1) is 16.2. The highest BCUT2D eigenvalue weighted by Crippen LogP contribution is 2.28. The van der Waals surface area contributed by atoms with E-state index < -0.39 is 9.84 Å². The lowest BCUT2D eigenvalue weighted by Gasteiger charge is -2.24. The molecule has 1 aromatic heterocycles. The Morgan fingerprint density at radius 1 is 1.30 bits per heavy atom. The number of nitrogens with zero attached hydrogens (tertiary/aromatic N) is 3. The number of allylic oxidation sites excluding steroid dienone is 1. The van der Waals surface area contributed by atoms with Crippen molar-refractivity contribution in [3.05, 3.63) is 23.6 Å².